The number of nitrogens with zero attached hydrogens (tertiary/aromatic N) is 1. The van der Waals surface area contributed by atoms with Gasteiger partial charge in [-0.15, -0.1) is 0 Å². The van der Waals surface area contributed by atoms with Crippen molar-refractivity contribution in [1.29, 1.82) is 0 Å². The molecule has 2 heterocycles. The highest BCUT2D eigenvalue weighted by atomic mass is 16.2. The van der Waals surface area contributed by atoms with Gasteiger partial charge < -0.3 is 5.32 Å². The number of benzene rings is 1. The third-order valence-corrected chi connectivity index (χ3v) is 6.71. The number of rotatable bonds is 16. The zero-order valence-electron chi connectivity index (χ0n) is 23.2. The molecule has 0 spiro atoms. The van der Waals surface area contributed by atoms with Crippen LogP contribution >= 0.6 is 0 Å². The Bertz CT molecular complexity index is 986. The molecule has 0 bridgehead atoms. The Morgan fingerprint density at radius 3 is 2.53 bits per heavy atom. The van der Waals surface area contributed by atoms with E-state index in [4.69, 9.17) is 2.74 Å². The molecule has 3 nitrogen and oxygen atoms in total. The number of fused-ring (bicyclic) bond motifs is 1. The van der Waals surface area contributed by atoms with Crippen molar-refractivity contribution >= 4 is 16.8 Å². The van der Waals surface area contributed by atoms with Crippen molar-refractivity contribution in [3.63, 3.8) is 0 Å². The van der Waals surface area contributed by atoms with Crippen LogP contribution in [0.4, 0.5) is 0 Å². The Balaban J connectivity index is 1.38. The minimum absolute atomic E-state index is 0.0679. The summed E-state index contributed by atoms with van der Waals surface area (Å²) in [5, 5.41) is 4.16. The highest BCUT2D eigenvalue weighted by molar-refractivity contribution is 5.94. The van der Waals surface area contributed by atoms with Gasteiger partial charge in [0.25, 0.3) is 0 Å². The van der Waals surface area contributed by atoms with Gasteiger partial charge in [-0.05, 0) is 75.9 Å². The number of nitrogens with one attached hydrogen (secondary N) is 1. The second kappa shape index (κ2) is 15.7. The van der Waals surface area contributed by atoms with Gasteiger partial charge in [0.2, 0.25) is 5.91 Å². The Morgan fingerprint density at radius 2 is 1.76 bits per heavy atom. The van der Waals surface area contributed by atoms with E-state index in [0.717, 1.165) is 62.4 Å². The first-order valence-electron chi connectivity index (χ1n) is 14.7. The van der Waals surface area contributed by atoms with Crippen LogP contribution in [-0.4, -0.2) is 23.1 Å². The molecule has 186 valence electrons. The molecule has 1 aromatic heterocycles. The molecular formula is C31H46N2O. The van der Waals surface area contributed by atoms with E-state index in [1.807, 2.05) is 24.3 Å². The molecule has 0 saturated carbocycles. The fraction of sp³-hybridized carbons (Fsp3) is 0.581. The predicted octanol–water partition coefficient (Wildman–Crippen LogP) is 8.39. The van der Waals surface area contributed by atoms with Crippen LogP contribution in [0.3, 0.4) is 0 Å². The van der Waals surface area contributed by atoms with Crippen molar-refractivity contribution < 1.29 is 7.54 Å². The van der Waals surface area contributed by atoms with Crippen LogP contribution < -0.4 is 5.32 Å². The Kier molecular flexibility index (Phi) is 10.9. The summed E-state index contributed by atoms with van der Waals surface area (Å²) in [4.78, 5) is 13.1. The van der Waals surface area contributed by atoms with Crippen molar-refractivity contribution in [1.82, 2.24) is 9.88 Å². The summed E-state index contributed by atoms with van der Waals surface area (Å²) in [5.41, 5.74) is 1.45. The molecule has 1 N–H and O–H groups in total. The standard InChI is InChI=1S/C31H46N2O/c1-2-3-4-5-6-7-8-9-10-11-12-13-14-15-16-23-31(34)33-26-27(25-28-20-19-24-32-28)29-21-17-18-22-30(29)33/h6-7,9-10,17-18,21-22,26,28,32H,2-5,8,11-16,19-20,23-25H2,1H3/b7-6-,10-9-/t28-/m1/s1/i25D2. The molecule has 2 aromatic rings. The van der Waals surface area contributed by atoms with Gasteiger partial charge in [0.1, 0.15) is 0 Å². The van der Waals surface area contributed by atoms with Crippen LogP contribution in [-0.2, 0) is 6.37 Å². The summed E-state index contributed by atoms with van der Waals surface area (Å²) in [6, 6.07) is 7.54. The van der Waals surface area contributed by atoms with E-state index in [1.54, 1.807) is 10.8 Å². The van der Waals surface area contributed by atoms with E-state index < -0.39 is 6.37 Å². The Labute approximate surface area is 210 Å². The molecule has 0 amide bonds. The summed E-state index contributed by atoms with van der Waals surface area (Å²) < 4.78 is 19.3. The van der Waals surface area contributed by atoms with E-state index in [1.165, 1.54) is 38.5 Å². The highest BCUT2D eigenvalue weighted by Crippen LogP contribution is 2.25. The van der Waals surface area contributed by atoms with Crippen LogP contribution in [0.25, 0.3) is 10.9 Å². The Hall–Kier alpha value is -2.13. The van der Waals surface area contributed by atoms with E-state index >= 15 is 0 Å². The summed E-state index contributed by atoms with van der Waals surface area (Å²) in [5.74, 6) is 0.0679. The molecule has 0 unspecified atom stereocenters. The largest absolute Gasteiger partial charge is 0.314 e. The minimum Gasteiger partial charge on any atom is -0.314 e. The van der Waals surface area contributed by atoms with Gasteiger partial charge >= 0.3 is 0 Å². The number of para-hydroxylation sites is 1. The van der Waals surface area contributed by atoms with E-state index in [-0.39, 0.29) is 11.9 Å². The van der Waals surface area contributed by atoms with Crippen LogP contribution in [0, 0.1) is 0 Å². The lowest BCUT2D eigenvalue weighted by atomic mass is 10.0. The van der Waals surface area contributed by atoms with Gasteiger partial charge in [-0.3, -0.25) is 9.36 Å². The third-order valence-electron chi connectivity index (χ3n) is 6.71. The molecule has 1 fully saturated rings. The number of carbonyl (C=O) groups excluding carboxylic acids is 1. The van der Waals surface area contributed by atoms with E-state index in [9.17, 15) is 4.79 Å². The fourth-order valence-electron chi connectivity index (χ4n) is 4.70. The molecule has 34 heavy (non-hydrogen) atoms. The quantitative estimate of drug-likeness (QED) is 0.200. The molecule has 1 aromatic carbocycles. The zero-order chi connectivity index (χ0) is 25.6. The summed E-state index contributed by atoms with van der Waals surface area (Å²) >= 11 is 0. The molecule has 1 aliphatic heterocycles. The van der Waals surface area contributed by atoms with Crippen LogP contribution in [0.15, 0.2) is 54.8 Å². The van der Waals surface area contributed by atoms with Gasteiger partial charge in [-0.1, -0.05) is 81.5 Å². The molecule has 3 rings (SSSR count). The summed E-state index contributed by atoms with van der Waals surface area (Å²) in [6.45, 7) is 3.10. The number of hydrogen-bond acceptors (Lipinski definition) is 2. The van der Waals surface area contributed by atoms with Gasteiger partial charge in [0.05, 0.1) is 5.52 Å². The van der Waals surface area contributed by atoms with Crippen molar-refractivity contribution in [2.24, 2.45) is 0 Å². The monoisotopic (exact) mass is 464 g/mol. The molecule has 0 radical (unpaired) electrons. The van der Waals surface area contributed by atoms with Crippen LogP contribution in [0.2, 0.25) is 0 Å². The van der Waals surface area contributed by atoms with Gasteiger partial charge in [-0.2, -0.15) is 0 Å². The number of unbranched alkanes of at least 4 members (excludes halogenated alkanes) is 8. The predicted molar refractivity (Wildman–Crippen MR) is 147 cm³/mol. The number of aromatic nitrogens is 1. The fourth-order valence-corrected chi connectivity index (χ4v) is 4.70. The molecular weight excluding hydrogens is 416 g/mol. The van der Waals surface area contributed by atoms with Gasteiger partial charge in [0, 0.05) is 26.8 Å². The maximum absolute atomic E-state index is 13.1. The van der Waals surface area contributed by atoms with Crippen molar-refractivity contribution in [2.45, 2.75) is 109 Å². The first-order valence-corrected chi connectivity index (χ1v) is 13.7. The summed E-state index contributed by atoms with van der Waals surface area (Å²) in [7, 11) is 0. The maximum Gasteiger partial charge on any atom is 0.231 e. The number of hydrogen-bond donors (Lipinski definition) is 1. The molecule has 0 aliphatic carbocycles. The smallest absolute Gasteiger partial charge is 0.231 e. The lowest BCUT2D eigenvalue weighted by molar-refractivity contribution is 0.0904. The van der Waals surface area contributed by atoms with Crippen molar-refractivity contribution in [2.75, 3.05) is 6.54 Å². The van der Waals surface area contributed by atoms with Gasteiger partial charge in [0.15, 0.2) is 0 Å². The second-order valence-corrected chi connectivity index (χ2v) is 9.60. The second-order valence-electron chi connectivity index (χ2n) is 9.60. The average Bonchev–Trinajstić information content (AvgIpc) is 3.56. The third kappa shape index (κ3) is 8.91. The van der Waals surface area contributed by atoms with Gasteiger partial charge in [-0.25, -0.2) is 0 Å². The van der Waals surface area contributed by atoms with E-state index in [2.05, 4.69) is 36.5 Å². The van der Waals surface area contributed by atoms with Crippen molar-refractivity contribution in [3.05, 3.63) is 60.3 Å². The normalized spacial score (nSPS) is 17.7. The SMILES string of the molecule is [2H]C([2H])(c1cn(C(=O)CCCCCCC/C=C\C/C=C\CCCCC)c2ccccc12)[C@H]1CCCN1. The first kappa shape index (κ1) is 23.6. The minimum atomic E-state index is -1.50. The lowest BCUT2D eigenvalue weighted by Crippen LogP contribution is -2.23. The van der Waals surface area contributed by atoms with E-state index in [0.29, 0.717) is 12.0 Å². The zero-order valence-corrected chi connectivity index (χ0v) is 21.2. The highest BCUT2D eigenvalue weighted by Gasteiger charge is 2.19. The lowest BCUT2D eigenvalue weighted by Gasteiger charge is -2.08. The number of carbonyl (C=O) groups is 1. The summed E-state index contributed by atoms with van der Waals surface area (Å²) in [6.07, 6.45) is 24.6. The maximum atomic E-state index is 13.1. The molecule has 1 saturated heterocycles. The number of allylic oxidation sites excluding steroid dienone is 4. The molecule has 3 heteroatoms. The van der Waals surface area contributed by atoms with Crippen LogP contribution in [0.5, 0.6) is 0 Å². The average molecular weight is 465 g/mol. The first-order chi connectivity index (χ1) is 17.6. The molecule has 1 aliphatic rings. The van der Waals surface area contributed by atoms with Crippen molar-refractivity contribution in [3.8, 4) is 0 Å². The molecule has 1 atom stereocenters. The van der Waals surface area contributed by atoms with Crippen LogP contribution in [0.1, 0.15) is 110 Å². The topological polar surface area (TPSA) is 34.0 Å². The Morgan fingerprint density at radius 1 is 1.03 bits per heavy atom.